The van der Waals surface area contributed by atoms with Crippen molar-refractivity contribution >= 4 is 11.1 Å². The molecule has 0 bridgehead atoms. The molecule has 0 saturated carbocycles. The van der Waals surface area contributed by atoms with E-state index in [9.17, 15) is 0 Å². The fraction of sp³-hybridized carbons (Fsp3) is 0.182. The minimum Gasteiger partial charge on any atom is -0.0769 e. The predicted octanol–water partition coefficient (Wildman–Crippen LogP) is 6.53. The van der Waals surface area contributed by atoms with Gasteiger partial charge in [-0.25, -0.2) is 0 Å². The molecule has 0 heterocycles. The average molecular weight is 288 g/mol. The van der Waals surface area contributed by atoms with Crippen LogP contribution < -0.4 is 0 Å². The van der Waals surface area contributed by atoms with Crippen LogP contribution in [-0.2, 0) is 0 Å². The molecular formula is C22H24. The van der Waals surface area contributed by atoms with Crippen molar-refractivity contribution in [2.75, 3.05) is 0 Å². The van der Waals surface area contributed by atoms with E-state index in [1.807, 2.05) is 0 Å². The standard InChI is InChI=1S/C22H24/c1-4-11-22(21-14-9-6-10-15-21)17-18(2)16-19(3)20-12-7-5-8-13-20/h5-17H,4H2,1-3H3/b18-17-,19-16+,22-11-. The summed E-state index contributed by atoms with van der Waals surface area (Å²) < 4.78 is 0. The Kier molecular flexibility index (Phi) is 5.97. The molecule has 0 nitrogen and oxygen atoms in total. The van der Waals surface area contributed by atoms with E-state index in [0.29, 0.717) is 0 Å². The van der Waals surface area contributed by atoms with Crippen molar-refractivity contribution in [3.05, 3.63) is 95.6 Å². The number of hydrogen-bond acceptors (Lipinski definition) is 0. The Labute approximate surface area is 134 Å². The SMILES string of the molecule is CC/C=C(/C=C(C)\C=C(/C)c1ccccc1)c1ccccc1. The van der Waals surface area contributed by atoms with Crippen molar-refractivity contribution in [2.24, 2.45) is 0 Å². The van der Waals surface area contributed by atoms with Crippen LogP contribution in [0.2, 0.25) is 0 Å². The van der Waals surface area contributed by atoms with E-state index in [2.05, 4.69) is 99.7 Å². The van der Waals surface area contributed by atoms with Gasteiger partial charge in [0.25, 0.3) is 0 Å². The van der Waals surface area contributed by atoms with Crippen LogP contribution in [0.15, 0.2) is 84.5 Å². The molecule has 0 radical (unpaired) electrons. The van der Waals surface area contributed by atoms with Crippen LogP contribution in [-0.4, -0.2) is 0 Å². The molecule has 0 N–H and O–H groups in total. The van der Waals surface area contributed by atoms with Gasteiger partial charge in [-0.05, 0) is 42.5 Å². The van der Waals surface area contributed by atoms with Crippen molar-refractivity contribution in [3.8, 4) is 0 Å². The van der Waals surface area contributed by atoms with Crippen LogP contribution in [0, 0.1) is 0 Å². The molecule has 0 unspecified atom stereocenters. The van der Waals surface area contributed by atoms with Gasteiger partial charge in [-0.15, -0.1) is 0 Å². The van der Waals surface area contributed by atoms with Crippen LogP contribution in [0.25, 0.3) is 11.1 Å². The second kappa shape index (κ2) is 8.19. The quantitative estimate of drug-likeness (QED) is 0.549. The Morgan fingerprint density at radius 1 is 0.773 bits per heavy atom. The molecule has 0 heteroatoms. The lowest BCUT2D eigenvalue weighted by Gasteiger charge is -2.05. The lowest BCUT2D eigenvalue weighted by Crippen LogP contribution is -1.84. The number of rotatable bonds is 5. The molecule has 0 fully saturated rings. The fourth-order valence-corrected chi connectivity index (χ4v) is 2.52. The van der Waals surface area contributed by atoms with Gasteiger partial charge in [-0.1, -0.05) is 91.4 Å². The molecule has 0 amide bonds. The first-order chi connectivity index (χ1) is 10.7. The van der Waals surface area contributed by atoms with Gasteiger partial charge in [0, 0.05) is 0 Å². The second-order valence-corrected chi connectivity index (χ2v) is 5.52. The third kappa shape index (κ3) is 4.60. The second-order valence-electron chi connectivity index (χ2n) is 5.52. The summed E-state index contributed by atoms with van der Waals surface area (Å²) in [6.45, 7) is 6.51. The van der Waals surface area contributed by atoms with E-state index in [0.717, 1.165) is 6.42 Å². The summed E-state index contributed by atoms with van der Waals surface area (Å²) in [7, 11) is 0. The molecule has 0 aromatic heterocycles. The molecular weight excluding hydrogens is 264 g/mol. The maximum Gasteiger partial charge on any atom is -0.0187 e. The van der Waals surface area contributed by atoms with Crippen molar-refractivity contribution in [1.82, 2.24) is 0 Å². The van der Waals surface area contributed by atoms with Crippen LogP contribution in [0.5, 0.6) is 0 Å². The Hall–Kier alpha value is -2.34. The number of benzene rings is 2. The Balaban J connectivity index is 2.28. The zero-order valence-electron chi connectivity index (χ0n) is 13.7. The first kappa shape index (κ1) is 16.0. The van der Waals surface area contributed by atoms with Crippen molar-refractivity contribution < 1.29 is 0 Å². The summed E-state index contributed by atoms with van der Waals surface area (Å²) in [6.07, 6.45) is 7.84. The Morgan fingerprint density at radius 2 is 1.32 bits per heavy atom. The van der Waals surface area contributed by atoms with Crippen LogP contribution in [0.3, 0.4) is 0 Å². The molecule has 0 aliphatic carbocycles. The Morgan fingerprint density at radius 3 is 1.86 bits per heavy atom. The molecule has 2 aromatic carbocycles. The zero-order valence-corrected chi connectivity index (χ0v) is 13.7. The maximum atomic E-state index is 2.28. The van der Waals surface area contributed by atoms with Gasteiger partial charge >= 0.3 is 0 Å². The first-order valence-electron chi connectivity index (χ1n) is 7.88. The highest BCUT2D eigenvalue weighted by atomic mass is 14.0. The zero-order chi connectivity index (χ0) is 15.8. The van der Waals surface area contributed by atoms with Gasteiger partial charge in [0.15, 0.2) is 0 Å². The van der Waals surface area contributed by atoms with E-state index < -0.39 is 0 Å². The highest BCUT2D eigenvalue weighted by molar-refractivity contribution is 5.76. The van der Waals surface area contributed by atoms with Crippen LogP contribution >= 0.6 is 0 Å². The minimum atomic E-state index is 1.04. The summed E-state index contributed by atoms with van der Waals surface area (Å²) in [5.74, 6) is 0. The predicted molar refractivity (Wildman–Crippen MR) is 98.6 cm³/mol. The molecule has 112 valence electrons. The first-order valence-corrected chi connectivity index (χ1v) is 7.88. The minimum absolute atomic E-state index is 1.04. The number of allylic oxidation sites excluding steroid dienone is 6. The number of hydrogen-bond donors (Lipinski definition) is 0. The van der Waals surface area contributed by atoms with Gasteiger partial charge in [0.1, 0.15) is 0 Å². The van der Waals surface area contributed by atoms with Crippen molar-refractivity contribution in [1.29, 1.82) is 0 Å². The average Bonchev–Trinajstić information content (AvgIpc) is 2.56. The normalized spacial score (nSPS) is 13.3. The summed E-state index contributed by atoms with van der Waals surface area (Å²) in [5.41, 5.74) is 6.39. The van der Waals surface area contributed by atoms with E-state index in [1.54, 1.807) is 0 Å². The van der Waals surface area contributed by atoms with Gasteiger partial charge in [-0.2, -0.15) is 0 Å². The fourth-order valence-electron chi connectivity index (χ4n) is 2.52. The van der Waals surface area contributed by atoms with E-state index in [-0.39, 0.29) is 0 Å². The van der Waals surface area contributed by atoms with Gasteiger partial charge in [0.05, 0.1) is 0 Å². The lowest BCUT2D eigenvalue weighted by molar-refractivity contribution is 1.23. The molecule has 0 aliphatic rings. The van der Waals surface area contributed by atoms with Gasteiger partial charge in [0.2, 0.25) is 0 Å². The molecule has 0 spiro atoms. The molecule has 2 aromatic rings. The molecule has 0 aliphatic heterocycles. The third-order valence-corrected chi connectivity index (χ3v) is 3.59. The summed E-state index contributed by atoms with van der Waals surface area (Å²) >= 11 is 0. The summed E-state index contributed by atoms with van der Waals surface area (Å²) in [4.78, 5) is 0. The summed E-state index contributed by atoms with van der Waals surface area (Å²) in [5, 5.41) is 0. The topological polar surface area (TPSA) is 0 Å². The largest absolute Gasteiger partial charge is 0.0769 e. The van der Waals surface area contributed by atoms with E-state index in [1.165, 1.54) is 27.8 Å². The highest BCUT2D eigenvalue weighted by Gasteiger charge is 1.99. The smallest absolute Gasteiger partial charge is 0.0187 e. The Bertz CT molecular complexity index is 670. The maximum absolute atomic E-state index is 2.28. The summed E-state index contributed by atoms with van der Waals surface area (Å²) in [6, 6.07) is 21.1. The highest BCUT2D eigenvalue weighted by Crippen LogP contribution is 2.21. The monoisotopic (exact) mass is 288 g/mol. The van der Waals surface area contributed by atoms with Crippen LogP contribution in [0.1, 0.15) is 38.3 Å². The molecule has 0 saturated heterocycles. The van der Waals surface area contributed by atoms with E-state index in [4.69, 9.17) is 0 Å². The molecule has 0 atom stereocenters. The van der Waals surface area contributed by atoms with Gasteiger partial charge in [-0.3, -0.25) is 0 Å². The van der Waals surface area contributed by atoms with Crippen molar-refractivity contribution in [3.63, 3.8) is 0 Å². The third-order valence-electron chi connectivity index (χ3n) is 3.59. The molecule has 2 rings (SSSR count). The van der Waals surface area contributed by atoms with Crippen LogP contribution in [0.4, 0.5) is 0 Å². The van der Waals surface area contributed by atoms with Gasteiger partial charge < -0.3 is 0 Å². The van der Waals surface area contributed by atoms with Crippen molar-refractivity contribution in [2.45, 2.75) is 27.2 Å². The lowest BCUT2D eigenvalue weighted by atomic mass is 10.00. The van der Waals surface area contributed by atoms with E-state index >= 15 is 0 Å². The molecule has 22 heavy (non-hydrogen) atoms.